The number of carboxylic acid groups (broad SMARTS) is 1. The van der Waals surface area contributed by atoms with E-state index in [2.05, 4.69) is 0 Å². The van der Waals surface area contributed by atoms with Crippen molar-refractivity contribution in [2.24, 2.45) is 0 Å². The molecule has 1 aliphatic rings. The largest absolute Gasteiger partial charge is 0.493 e. The lowest BCUT2D eigenvalue weighted by molar-refractivity contribution is -0.137. The van der Waals surface area contributed by atoms with Gasteiger partial charge in [-0.3, -0.25) is 4.79 Å². The summed E-state index contributed by atoms with van der Waals surface area (Å²) in [6, 6.07) is 15.4. The highest BCUT2D eigenvalue weighted by molar-refractivity contribution is 7.91. The Morgan fingerprint density at radius 1 is 0.973 bits per heavy atom. The number of sulfone groups is 1. The van der Waals surface area contributed by atoms with E-state index in [1.165, 1.54) is 37.4 Å². The Labute approximate surface area is 225 Å². The monoisotopic (exact) mass is 564 g/mol. The lowest BCUT2D eigenvalue weighted by Crippen LogP contribution is -2.18. The highest BCUT2D eigenvalue weighted by Crippen LogP contribution is 2.39. The molecule has 196 valence electrons. The van der Waals surface area contributed by atoms with E-state index in [0.29, 0.717) is 33.0 Å². The molecule has 1 saturated carbocycles. The van der Waals surface area contributed by atoms with E-state index >= 15 is 0 Å². The summed E-state index contributed by atoms with van der Waals surface area (Å²) in [6.07, 6.45) is 3.21. The van der Waals surface area contributed by atoms with Gasteiger partial charge in [0.15, 0.2) is 21.3 Å². The molecule has 0 amide bonds. The molecule has 0 radical (unpaired) electrons. The first-order chi connectivity index (χ1) is 17.7. The van der Waals surface area contributed by atoms with Gasteiger partial charge >= 0.3 is 5.97 Å². The van der Waals surface area contributed by atoms with Gasteiger partial charge in [-0.1, -0.05) is 35.3 Å². The summed E-state index contributed by atoms with van der Waals surface area (Å²) in [5.74, 6) is 0.203. The predicted molar refractivity (Wildman–Crippen MR) is 141 cm³/mol. The minimum atomic E-state index is -4.14. The molecular formula is C27H26Cl2O7S. The van der Waals surface area contributed by atoms with Crippen LogP contribution in [0.3, 0.4) is 0 Å². The molecule has 1 N–H and O–H groups in total. The smallest absolute Gasteiger partial charge is 0.305 e. The van der Waals surface area contributed by atoms with Gasteiger partial charge in [-0.2, -0.15) is 0 Å². The summed E-state index contributed by atoms with van der Waals surface area (Å²) in [5, 5.41) is 8.88. The molecule has 0 aliphatic heterocycles. The van der Waals surface area contributed by atoms with Crippen molar-refractivity contribution < 1.29 is 32.5 Å². The number of rotatable bonds is 10. The average Bonchev–Trinajstić information content (AvgIpc) is 3.38. The zero-order valence-electron chi connectivity index (χ0n) is 20.0. The molecule has 0 bridgehead atoms. The van der Waals surface area contributed by atoms with Gasteiger partial charge in [-0.25, -0.2) is 8.42 Å². The van der Waals surface area contributed by atoms with Gasteiger partial charge in [-0.05, 0) is 67.6 Å². The fraction of sp³-hybridized carbons (Fsp3) is 0.296. The summed E-state index contributed by atoms with van der Waals surface area (Å²) in [6.45, 7) is 0. The Kier molecular flexibility index (Phi) is 8.52. The molecule has 3 aromatic carbocycles. The second-order valence-corrected chi connectivity index (χ2v) is 11.7. The van der Waals surface area contributed by atoms with Crippen LogP contribution in [0.5, 0.6) is 23.0 Å². The summed E-state index contributed by atoms with van der Waals surface area (Å²) in [4.78, 5) is 11.7. The highest BCUT2D eigenvalue weighted by Gasteiger charge is 2.33. The second-order valence-electron chi connectivity index (χ2n) is 8.72. The van der Waals surface area contributed by atoms with Crippen LogP contribution < -0.4 is 14.2 Å². The normalized spacial score (nSPS) is 14.8. The molecule has 0 aromatic heterocycles. The highest BCUT2D eigenvalue weighted by atomic mass is 35.5. The molecule has 10 heteroatoms. The van der Waals surface area contributed by atoms with E-state index in [1.807, 2.05) is 0 Å². The topological polar surface area (TPSA) is 99.1 Å². The molecule has 0 heterocycles. The van der Waals surface area contributed by atoms with E-state index in [9.17, 15) is 18.3 Å². The zero-order chi connectivity index (χ0) is 26.6. The van der Waals surface area contributed by atoms with Gasteiger partial charge in [-0.15, -0.1) is 0 Å². The summed E-state index contributed by atoms with van der Waals surface area (Å²) < 4.78 is 44.8. The molecule has 1 atom stereocenters. The summed E-state index contributed by atoms with van der Waals surface area (Å²) >= 11 is 12.0. The molecular weight excluding hydrogens is 539 g/mol. The summed E-state index contributed by atoms with van der Waals surface area (Å²) in [7, 11) is -2.66. The standard InChI is InChI=1S/C27H26Cl2O7S/c1-34-24-12-10-21(15-25(24)36-18-6-2-3-7-18)37(32,33)26(16-27(30)31)17-5-4-8-19(13-17)35-20-9-11-22(28)23(29)14-20/h4-5,8-15,18,26H,2-3,6-7,16H2,1H3,(H,30,31). The lowest BCUT2D eigenvalue weighted by atomic mass is 10.1. The lowest BCUT2D eigenvalue weighted by Gasteiger charge is -2.20. The third-order valence-corrected chi connectivity index (χ3v) is 8.99. The molecule has 0 spiro atoms. The minimum absolute atomic E-state index is 0.0168. The van der Waals surface area contributed by atoms with Gasteiger partial charge < -0.3 is 19.3 Å². The van der Waals surface area contributed by atoms with Gasteiger partial charge in [0.2, 0.25) is 0 Å². The van der Waals surface area contributed by atoms with E-state index in [1.54, 1.807) is 30.3 Å². The number of hydrogen-bond acceptors (Lipinski definition) is 6. The van der Waals surface area contributed by atoms with E-state index in [-0.39, 0.29) is 16.6 Å². The van der Waals surface area contributed by atoms with Crippen LogP contribution in [0.1, 0.15) is 42.9 Å². The maximum absolute atomic E-state index is 13.8. The number of benzene rings is 3. The van der Waals surface area contributed by atoms with Crippen LogP contribution in [0.4, 0.5) is 0 Å². The Balaban J connectivity index is 1.68. The van der Waals surface area contributed by atoms with Gasteiger partial charge in [0.05, 0.1) is 34.6 Å². The van der Waals surface area contributed by atoms with Crippen molar-refractivity contribution in [3.05, 3.63) is 76.3 Å². The molecule has 1 aliphatic carbocycles. The number of halogens is 2. The first kappa shape index (κ1) is 27.1. The third kappa shape index (κ3) is 6.50. The van der Waals surface area contributed by atoms with E-state index in [4.69, 9.17) is 37.4 Å². The van der Waals surface area contributed by atoms with Crippen LogP contribution in [0.2, 0.25) is 10.0 Å². The molecule has 0 saturated heterocycles. The zero-order valence-corrected chi connectivity index (χ0v) is 22.4. The number of carbonyl (C=O) groups is 1. The SMILES string of the molecule is COc1ccc(S(=O)(=O)C(CC(=O)O)c2cccc(Oc3ccc(Cl)c(Cl)c3)c2)cc1OC1CCCC1. The first-order valence-corrected chi connectivity index (χ1v) is 14.0. The summed E-state index contributed by atoms with van der Waals surface area (Å²) in [5.41, 5.74) is 0.272. The Hall–Kier alpha value is -2.94. The van der Waals surface area contributed by atoms with Crippen molar-refractivity contribution in [2.45, 2.75) is 48.4 Å². The van der Waals surface area contributed by atoms with Gasteiger partial charge in [0.25, 0.3) is 0 Å². The molecule has 37 heavy (non-hydrogen) atoms. The number of methoxy groups -OCH3 is 1. The molecule has 1 fully saturated rings. The Morgan fingerprint density at radius 3 is 2.38 bits per heavy atom. The van der Waals surface area contributed by atoms with Crippen LogP contribution in [0.25, 0.3) is 0 Å². The maximum Gasteiger partial charge on any atom is 0.305 e. The van der Waals surface area contributed by atoms with Crippen molar-refractivity contribution in [1.82, 2.24) is 0 Å². The van der Waals surface area contributed by atoms with Crippen LogP contribution >= 0.6 is 23.2 Å². The Bertz CT molecular complexity index is 1390. The van der Waals surface area contributed by atoms with Crippen molar-refractivity contribution in [3.8, 4) is 23.0 Å². The number of ether oxygens (including phenoxy) is 3. The Morgan fingerprint density at radius 2 is 1.70 bits per heavy atom. The van der Waals surface area contributed by atoms with Crippen LogP contribution in [0, 0.1) is 0 Å². The van der Waals surface area contributed by atoms with Crippen LogP contribution in [0.15, 0.2) is 65.6 Å². The number of carboxylic acids is 1. The third-order valence-electron chi connectivity index (χ3n) is 6.15. The van der Waals surface area contributed by atoms with Crippen molar-refractivity contribution >= 4 is 39.0 Å². The van der Waals surface area contributed by atoms with Gasteiger partial charge in [0.1, 0.15) is 16.7 Å². The quantitative estimate of drug-likeness (QED) is 0.280. The van der Waals surface area contributed by atoms with Crippen molar-refractivity contribution in [1.29, 1.82) is 0 Å². The first-order valence-electron chi connectivity index (χ1n) is 11.7. The fourth-order valence-electron chi connectivity index (χ4n) is 4.30. The number of aliphatic carboxylic acids is 1. The average molecular weight is 565 g/mol. The van der Waals surface area contributed by atoms with Gasteiger partial charge in [0, 0.05) is 12.1 Å². The minimum Gasteiger partial charge on any atom is -0.493 e. The van der Waals surface area contributed by atoms with Crippen molar-refractivity contribution in [3.63, 3.8) is 0 Å². The molecule has 1 unspecified atom stereocenters. The number of hydrogen-bond donors (Lipinski definition) is 1. The van der Waals surface area contributed by atoms with Crippen LogP contribution in [-0.2, 0) is 14.6 Å². The van der Waals surface area contributed by atoms with Crippen molar-refractivity contribution in [2.75, 3.05) is 7.11 Å². The predicted octanol–water partition coefficient (Wildman–Crippen LogP) is 7.11. The second kappa shape index (κ2) is 11.6. The molecule has 7 nitrogen and oxygen atoms in total. The molecule has 3 aromatic rings. The van der Waals surface area contributed by atoms with E-state index in [0.717, 1.165) is 25.7 Å². The molecule has 4 rings (SSSR count). The fourth-order valence-corrected chi connectivity index (χ4v) is 6.31. The maximum atomic E-state index is 13.8. The van der Waals surface area contributed by atoms with E-state index < -0.39 is 27.5 Å². The van der Waals surface area contributed by atoms with Crippen LogP contribution in [-0.4, -0.2) is 32.7 Å².